The van der Waals surface area contributed by atoms with E-state index in [1.54, 1.807) is 0 Å². The minimum Gasteiger partial charge on any atom is -0.247 e. The van der Waals surface area contributed by atoms with Crippen LogP contribution >= 0.6 is 0 Å². The van der Waals surface area contributed by atoms with Crippen LogP contribution in [0, 0.1) is 0 Å². The number of hydrogen-bond acceptors (Lipinski definition) is 4. The monoisotopic (exact) mass is 662 g/mol. The van der Waals surface area contributed by atoms with Crippen molar-refractivity contribution in [2.75, 3.05) is 0 Å². The predicted molar refractivity (Wildman–Crippen MR) is 215 cm³/mol. The second-order valence-corrected chi connectivity index (χ2v) is 13.1. The summed E-state index contributed by atoms with van der Waals surface area (Å²) in [6.45, 7) is 0. The van der Waals surface area contributed by atoms with Gasteiger partial charge in [-0.25, -0.2) is 19.9 Å². The molecule has 0 aliphatic heterocycles. The van der Waals surface area contributed by atoms with E-state index in [2.05, 4.69) is 176 Å². The molecule has 10 aromatic rings. The number of fused-ring (bicyclic) bond motifs is 5. The fourth-order valence-electron chi connectivity index (χ4n) is 7.29. The van der Waals surface area contributed by atoms with Crippen molar-refractivity contribution in [3.05, 3.63) is 182 Å². The molecule has 4 nitrogen and oxygen atoms in total. The van der Waals surface area contributed by atoms with Crippen molar-refractivity contribution in [3.8, 4) is 56.5 Å². The summed E-state index contributed by atoms with van der Waals surface area (Å²) < 4.78 is 0. The Kier molecular flexibility index (Phi) is 7.10. The maximum absolute atomic E-state index is 5.35. The van der Waals surface area contributed by atoms with E-state index in [-0.39, 0.29) is 0 Å². The zero-order valence-electron chi connectivity index (χ0n) is 28.1. The molecule has 0 fully saturated rings. The molecular weight excluding hydrogens is 633 g/mol. The van der Waals surface area contributed by atoms with E-state index in [1.165, 1.54) is 27.3 Å². The van der Waals surface area contributed by atoms with Crippen LogP contribution in [0.2, 0.25) is 0 Å². The highest BCUT2D eigenvalue weighted by atomic mass is 15.0. The summed E-state index contributed by atoms with van der Waals surface area (Å²) in [5.41, 5.74) is 7.99. The maximum atomic E-state index is 5.35. The van der Waals surface area contributed by atoms with Gasteiger partial charge in [-0.05, 0) is 50.9 Å². The van der Waals surface area contributed by atoms with Gasteiger partial charge in [-0.2, -0.15) is 0 Å². The lowest BCUT2D eigenvalue weighted by Gasteiger charge is -2.15. The summed E-state index contributed by atoms with van der Waals surface area (Å²) in [5.74, 6) is 1.85. The van der Waals surface area contributed by atoms with E-state index < -0.39 is 0 Å². The predicted octanol–water partition coefficient (Wildman–Crippen LogP) is 12.2. The Labute approximate surface area is 300 Å². The first-order chi connectivity index (χ1) is 25.7. The van der Waals surface area contributed by atoms with Crippen molar-refractivity contribution in [2.24, 2.45) is 0 Å². The molecule has 8 aromatic carbocycles. The van der Waals surface area contributed by atoms with Crippen LogP contribution in [0.15, 0.2) is 182 Å². The van der Waals surface area contributed by atoms with Gasteiger partial charge in [-0.15, -0.1) is 0 Å². The smallest absolute Gasteiger partial charge is 0.164 e. The Morgan fingerprint density at radius 3 is 1.38 bits per heavy atom. The summed E-state index contributed by atoms with van der Waals surface area (Å²) in [5, 5.41) is 7.99. The average Bonchev–Trinajstić information content (AvgIpc) is 3.23. The van der Waals surface area contributed by atoms with E-state index in [0.29, 0.717) is 17.5 Å². The van der Waals surface area contributed by atoms with Crippen LogP contribution in [0.1, 0.15) is 0 Å². The standard InChI is InChI=1S/C48H30N4/c1-3-14-33(15-4-1)40-20-11-21-42-44(40)41-27-26-39(30-43(41)49-45(42)34-16-5-2-6-17-34)48-51-46(37-24-22-31-12-7-9-18-35(31)28-37)50-47(52-48)38-25-23-32-13-8-10-19-36(32)29-38/h1-30H. The summed E-state index contributed by atoms with van der Waals surface area (Å²) in [4.78, 5) is 20.7. The maximum Gasteiger partial charge on any atom is 0.164 e. The Hall–Kier alpha value is -7.04. The van der Waals surface area contributed by atoms with Gasteiger partial charge in [0.25, 0.3) is 0 Å². The van der Waals surface area contributed by atoms with Crippen molar-refractivity contribution >= 4 is 43.2 Å². The third-order valence-electron chi connectivity index (χ3n) is 9.86. The first-order valence-electron chi connectivity index (χ1n) is 17.5. The first-order valence-corrected chi connectivity index (χ1v) is 17.5. The van der Waals surface area contributed by atoms with Crippen molar-refractivity contribution in [1.29, 1.82) is 0 Å². The topological polar surface area (TPSA) is 51.6 Å². The van der Waals surface area contributed by atoms with E-state index in [9.17, 15) is 0 Å². The zero-order valence-corrected chi connectivity index (χ0v) is 28.1. The highest BCUT2D eigenvalue weighted by molar-refractivity contribution is 6.17. The number of nitrogens with zero attached hydrogens (tertiary/aromatic N) is 4. The lowest BCUT2D eigenvalue weighted by molar-refractivity contribution is 1.08. The second kappa shape index (κ2) is 12.4. The van der Waals surface area contributed by atoms with Crippen LogP contribution in [0.25, 0.3) is 99.8 Å². The third kappa shape index (κ3) is 5.26. The first kappa shape index (κ1) is 29.8. The molecule has 4 heteroatoms. The summed E-state index contributed by atoms with van der Waals surface area (Å²) in [6.07, 6.45) is 0. The van der Waals surface area contributed by atoms with Crippen molar-refractivity contribution in [1.82, 2.24) is 19.9 Å². The Morgan fingerprint density at radius 1 is 0.288 bits per heavy atom. The molecule has 0 N–H and O–H groups in total. The molecule has 2 heterocycles. The largest absolute Gasteiger partial charge is 0.247 e. The number of benzene rings is 8. The van der Waals surface area contributed by atoms with E-state index >= 15 is 0 Å². The summed E-state index contributed by atoms with van der Waals surface area (Å²) in [7, 11) is 0. The summed E-state index contributed by atoms with van der Waals surface area (Å²) >= 11 is 0. The van der Waals surface area contributed by atoms with Crippen LogP contribution in [-0.4, -0.2) is 19.9 Å². The van der Waals surface area contributed by atoms with Gasteiger partial charge in [0, 0.05) is 38.4 Å². The molecule has 0 radical (unpaired) electrons. The molecule has 0 bridgehead atoms. The quantitative estimate of drug-likeness (QED) is 0.172. The molecule has 0 saturated carbocycles. The van der Waals surface area contributed by atoms with Gasteiger partial charge in [0.1, 0.15) is 0 Å². The van der Waals surface area contributed by atoms with Crippen molar-refractivity contribution < 1.29 is 0 Å². The molecule has 0 amide bonds. The van der Waals surface area contributed by atoms with Crippen LogP contribution in [0.4, 0.5) is 0 Å². The van der Waals surface area contributed by atoms with E-state index in [0.717, 1.165) is 55.0 Å². The molecule has 0 spiro atoms. The molecule has 0 atom stereocenters. The lowest BCUT2D eigenvalue weighted by atomic mass is 9.92. The van der Waals surface area contributed by atoms with Crippen LogP contribution in [0.5, 0.6) is 0 Å². The van der Waals surface area contributed by atoms with Crippen molar-refractivity contribution in [3.63, 3.8) is 0 Å². The number of aromatic nitrogens is 4. The van der Waals surface area contributed by atoms with Gasteiger partial charge in [0.05, 0.1) is 11.2 Å². The van der Waals surface area contributed by atoms with Gasteiger partial charge in [0.2, 0.25) is 0 Å². The fourth-order valence-corrected chi connectivity index (χ4v) is 7.29. The Bertz CT molecular complexity index is 2860. The summed E-state index contributed by atoms with van der Waals surface area (Å²) in [6, 6.07) is 63.5. The Balaban J connectivity index is 1.21. The fraction of sp³-hybridized carbons (Fsp3) is 0. The normalized spacial score (nSPS) is 11.5. The highest BCUT2D eigenvalue weighted by Gasteiger charge is 2.18. The minimum atomic E-state index is 0.600. The van der Waals surface area contributed by atoms with Crippen LogP contribution in [-0.2, 0) is 0 Å². The zero-order chi connectivity index (χ0) is 34.4. The molecule has 0 aliphatic rings. The molecule has 10 rings (SSSR count). The average molecular weight is 663 g/mol. The molecule has 0 unspecified atom stereocenters. The van der Waals surface area contributed by atoms with Gasteiger partial charge >= 0.3 is 0 Å². The second-order valence-electron chi connectivity index (χ2n) is 13.1. The molecule has 0 saturated heterocycles. The number of hydrogen-bond donors (Lipinski definition) is 0. The molecule has 2 aromatic heterocycles. The SMILES string of the molecule is c1ccc(-c2nc3cc(-c4nc(-c5ccc6ccccc6c5)nc(-c5ccc6ccccc6c5)n4)ccc3c3c(-c4ccccc4)cccc23)cc1. The van der Waals surface area contributed by atoms with Gasteiger partial charge in [0.15, 0.2) is 17.5 Å². The Morgan fingerprint density at radius 2 is 0.788 bits per heavy atom. The molecule has 242 valence electrons. The minimum absolute atomic E-state index is 0.600. The number of rotatable bonds is 5. The number of pyridine rings is 1. The molecule has 52 heavy (non-hydrogen) atoms. The van der Waals surface area contributed by atoms with Crippen molar-refractivity contribution in [2.45, 2.75) is 0 Å². The van der Waals surface area contributed by atoms with Gasteiger partial charge < -0.3 is 0 Å². The highest BCUT2D eigenvalue weighted by Crippen LogP contribution is 2.39. The van der Waals surface area contributed by atoms with E-state index in [4.69, 9.17) is 19.9 Å². The molecular formula is C48H30N4. The van der Waals surface area contributed by atoms with Gasteiger partial charge in [-0.3, -0.25) is 0 Å². The molecule has 0 aliphatic carbocycles. The van der Waals surface area contributed by atoms with Crippen LogP contribution < -0.4 is 0 Å². The van der Waals surface area contributed by atoms with Crippen LogP contribution in [0.3, 0.4) is 0 Å². The van der Waals surface area contributed by atoms with Gasteiger partial charge in [-0.1, -0.05) is 164 Å². The lowest BCUT2D eigenvalue weighted by Crippen LogP contribution is -2.00. The third-order valence-corrected chi connectivity index (χ3v) is 9.86. The van der Waals surface area contributed by atoms with E-state index in [1.807, 2.05) is 6.07 Å².